The zero-order valence-corrected chi connectivity index (χ0v) is 13.3. The fraction of sp³-hybridized carbons (Fsp3) is 0.500. The molecule has 0 aliphatic carbocycles. The molecule has 5 rings (SSSR count). The molecule has 116 valence electrons. The van der Waals surface area contributed by atoms with Gasteiger partial charge in [0.05, 0.1) is 5.88 Å². The van der Waals surface area contributed by atoms with Gasteiger partial charge in [-0.15, -0.1) is 11.8 Å². The first-order valence-electron chi connectivity index (χ1n) is 7.84. The fourth-order valence-corrected chi connectivity index (χ4v) is 4.47. The minimum absolute atomic E-state index is 0.0325. The van der Waals surface area contributed by atoms with Gasteiger partial charge >= 0.3 is 6.03 Å². The lowest BCUT2D eigenvalue weighted by Gasteiger charge is -2.45. The quantitative estimate of drug-likeness (QED) is 0.909. The van der Waals surface area contributed by atoms with E-state index >= 15 is 0 Å². The second kappa shape index (κ2) is 5.93. The molecule has 5 nitrogen and oxygen atoms in total. The van der Waals surface area contributed by atoms with Crippen molar-refractivity contribution < 1.29 is 4.79 Å². The van der Waals surface area contributed by atoms with E-state index in [4.69, 9.17) is 0 Å². The summed E-state index contributed by atoms with van der Waals surface area (Å²) in [5, 5.41) is 3.24. The maximum atomic E-state index is 12.5. The number of rotatable bonds is 2. The molecule has 0 aromatic carbocycles. The highest BCUT2D eigenvalue weighted by Crippen LogP contribution is 2.34. The Labute approximate surface area is 134 Å². The number of hydrogen-bond donors (Lipinski definition) is 1. The molecule has 4 aliphatic rings. The van der Waals surface area contributed by atoms with Crippen molar-refractivity contribution in [3.8, 4) is 0 Å². The Balaban J connectivity index is 1.40. The summed E-state index contributed by atoms with van der Waals surface area (Å²) in [6, 6.07) is 4.30. The van der Waals surface area contributed by atoms with Crippen molar-refractivity contribution in [2.24, 2.45) is 5.92 Å². The maximum Gasteiger partial charge on any atom is 0.322 e. The minimum Gasteiger partial charge on any atom is -0.333 e. The van der Waals surface area contributed by atoms with Crippen molar-refractivity contribution in [3.63, 3.8) is 0 Å². The summed E-state index contributed by atoms with van der Waals surface area (Å²) in [4.78, 5) is 22.0. The van der Waals surface area contributed by atoms with Crippen LogP contribution in [0.4, 0.5) is 4.79 Å². The maximum absolute atomic E-state index is 12.5. The molecule has 1 N–H and O–H groups in total. The van der Waals surface area contributed by atoms with Crippen LogP contribution in [0.3, 0.4) is 0 Å². The van der Waals surface area contributed by atoms with Gasteiger partial charge in [0, 0.05) is 41.6 Å². The molecule has 4 aliphatic heterocycles. The Morgan fingerprint density at radius 3 is 2.91 bits per heavy atom. The van der Waals surface area contributed by atoms with Crippen LogP contribution in [0.15, 0.2) is 30.7 Å². The average Bonchev–Trinajstić information content (AvgIpc) is 3.07. The lowest BCUT2D eigenvalue weighted by atomic mass is 9.84. The van der Waals surface area contributed by atoms with Crippen LogP contribution in [0.2, 0.25) is 0 Å². The van der Waals surface area contributed by atoms with Crippen LogP contribution in [-0.2, 0) is 0 Å². The Morgan fingerprint density at radius 2 is 2.23 bits per heavy atom. The van der Waals surface area contributed by atoms with Crippen LogP contribution in [0, 0.1) is 5.92 Å². The van der Waals surface area contributed by atoms with E-state index in [1.165, 1.54) is 25.9 Å². The van der Waals surface area contributed by atoms with Gasteiger partial charge in [-0.3, -0.25) is 9.88 Å². The number of hydrogen-bond acceptors (Lipinski definition) is 4. The van der Waals surface area contributed by atoms with Crippen LogP contribution < -0.4 is 5.32 Å². The molecular formula is C16H20N4OS. The first-order chi connectivity index (χ1) is 10.8. The molecule has 3 saturated heterocycles. The van der Waals surface area contributed by atoms with E-state index < -0.39 is 0 Å². The number of nitrogens with zero attached hydrogens (tertiary/aromatic N) is 3. The van der Waals surface area contributed by atoms with E-state index in [0.29, 0.717) is 17.8 Å². The number of fused-ring (bicyclic) bond motifs is 3. The summed E-state index contributed by atoms with van der Waals surface area (Å²) in [7, 11) is 0. The number of urea groups is 1. The Kier molecular flexibility index (Phi) is 3.80. The second-order valence-corrected chi connectivity index (χ2v) is 7.16. The topological polar surface area (TPSA) is 48.5 Å². The number of aromatic nitrogens is 1. The first-order valence-corrected chi connectivity index (χ1v) is 8.83. The van der Waals surface area contributed by atoms with E-state index in [2.05, 4.69) is 15.2 Å². The number of pyridine rings is 1. The molecule has 0 saturated carbocycles. The molecule has 6 heteroatoms. The van der Waals surface area contributed by atoms with Crippen molar-refractivity contribution in [2.75, 3.05) is 25.5 Å². The van der Waals surface area contributed by atoms with E-state index in [-0.39, 0.29) is 6.03 Å². The SMILES string of the molecule is O=C(N[C@H]1CN2CCC1CC2)N1C=C(c2cccnc2)SC1. The molecular weight excluding hydrogens is 296 g/mol. The normalized spacial score (nSPS) is 30.3. The van der Waals surface area contributed by atoms with Gasteiger partial charge in [0.1, 0.15) is 0 Å². The van der Waals surface area contributed by atoms with Gasteiger partial charge in [-0.1, -0.05) is 6.07 Å². The monoisotopic (exact) mass is 316 g/mol. The number of carbonyl (C=O) groups excluding carboxylic acids is 1. The number of amides is 2. The van der Waals surface area contributed by atoms with E-state index in [1.54, 1.807) is 22.9 Å². The third-order valence-electron chi connectivity index (χ3n) is 4.80. The highest BCUT2D eigenvalue weighted by atomic mass is 32.2. The summed E-state index contributed by atoms with van der Waals surface area (Å²) >= 11 is 1.69. The zero-order valence-electron chi connectivity index (χ0n) is 12.4. The van der Waals surface area contributed by atoms with E-state index in [9.17, 15) is 4.79 Å². The van der Waals surface area contributed by atoms with Crippen LogP contribution in [0.5, 0.6) is 0 Å². The summed E-state index contributed by atoms with van der Waals surface area (Å²) in [5.41, 5.74) is 1.07. The molecule has 1 aromatic heterocycles. The van der Waals surface area contributed by atoms with Crippen molar-refractivity contribution in [1.29, 1.82) is 0 Å². The van der Waals surface area contributed by atoms with Gasteiger partial charge < -0.3 is 10.2 Å². The Bertz CT molecular complexity index is 583. The smallest absolute Gasteiger partial charge is 0.322 e. The molecule has 2 bridgehead atoms. The van der Waals surface area contributed by atoms with Crippen molar-refractivity contribution in [2.45, 2.75) is 18.9 Å². The van der Waals surface area contributed by atoms with Crippen molar-refractivity contribution in [1.82, 2.24) is 20.1 Å². The van der Waals surface area contributed by atoms with Crippen LogP contribution in [-0.4, -0.2) is 52.4 Å². The Hall–Kier alpha value is -1.53. The Morgan fingerprint density at radius 1 is 1.36 bits per heavy atom. The van der Waals surface area contributed by atoms with Gasteiger partial charge in [0.2, 0.25) is 0 Å². The first kappa shape index (κ1) is 14.1. The van der Waals surface area contributed by atoms with Crippen LogP contribution >= 0.6 is 11.8 Å². The summed E-state index contributed by atoms with van der Waals surface area (Å²) in [5.74, 6) is 1.34. The van der Waals surface area contributed by atoms with Gasteiger partial charge in [-0.25, -0.2) is 4.79 Å². The molecule has 3 fully saturated rings. The molecule has 2 amide bonds. The number of piperidine rings is 3. The summed E-state index contributed by atoms with van der Waals surface area (Å²) in [6.45, 7) is 3.40. The summed E-state index contributed by atoms with van der Waals surface area (Å²) < 4.78 is 0. The molecule has 5 heterocycles. The number of thioether (sulfide) groups is 1. The third kappa shape index (κ3) is 2.73. The molecule has 0 spiro atoms. The predicted octanol–water partition coefficient (Wildman–Crippen LogP) is 2.19. The van der Waals surface area contributed by atoms with E-state index in [1.807, 2.05) is 24.5 Å². The standard InChI is InChI=1S/C16H20N4OS/c21-16(18-14-9-19-6-3-12(14)4-7-19)20-10-15(22-11-20)13-2-1-5-17-8-13/h1-2,5,8,10,12,14H,3-4,6-7,9,11H2,(H,18,21)/t14-/m0/s1. The van der Waals surface area contributed by atoms with E-state index in [0.717, 1.165) is 17.0 Å². The molecule has 0 radical (unpaired) electrons. The van der Waals surface area contributed by atoms with Gasteiger partial charge in [0.15, 0.2) is 0 Å². The van der Waals surface area contributed by atoms with Gasteiger partial charge in [0.25, 0.3) is 0 Å². The largest absolute Gasteiger partial charge is 0.333 e. The molecule has 1 atom stereocenters. The number of nitrogens with one attached hydrogen (secondary N) is 1. The van der Waals surface area contributed by atoms with Gasteiger partial charge in [-0.05, 0) is 37.9 Å². The molecule has 1 aromatic rings. The predicted molar refractivity (Wildman–Crippen MR) is 88.0 cm³/mol. The lowest BCUT2D eigenvalue weighted by molar-refractivity contribution is 0.0748. The average molecular weight is 316 g/mol. The lowest BCUT2D eigenvalue weighted by Crippen LogP contribution is -2.58. The molecule has 0 unspecified atom stereocenters. The van der Waals surface area contributed by atoms with Crippen molar-refractivity contribution in [3.05, 3.63) is 36.3 Å². The van der Waals surface area contributed by atoms with Crippen LogP contribution in [0.1, 0.15) is 18.4 Å². The molecule has 22 heavy (non-hydrogen) atoms. The van der Waals surface area contributed by atoms with Crippen LogP contribution in [0.25, 0.3) is 4.91 Å². The fourth-order valence-electron chi connectivity index (χ4n) is 3.51. The number of carbonyl (C=O) groups is 1. The second-order valence-electron chi connectivity index (χ2n) is 6.17. The summed E-state index contributed by atoms with van der Waals surface area (Å²) in [6.07, 6.45) is 7.99. The minimum atomic E-state index is 0.0325. The third-order valence-corrected chi connectivity index (χ3v) is 5.86. The van der Waals surface area contributed by atoms with Crippen molar-refractivity contribution >= 4 is 22.7 Å². The zero-order chi connectivity index (χ0) is 14.9. The van der Waals surface area contributed by atoms with Gasteiger partial charge in [-0.2, -0.15) is 0 Å². The highest BCUT2D eigenvalue weighted by Gasteiger charge is 2.35. The highest BCUT2D eigenvalue weighted by molar-refractivity contribution is 8.08.